The minimum Gasteiger partial charge on any atom is -0.484 e. The molecule has 108 valence electrons. The zero-order valence-corrected chi connectivity index (χ0v) is 12.2. The van der Waals surface area contributed by atoms with E-state index in [-0.39, 0.29) is 17.3 Å². The van der Waals surface area contributed by atoms with Gasteiger partial charge in [0.05, 0.1) is 12.2 Å². The van der Waals surface area contributed by atoms with Gasteiger partial charge in [0.15, 0.2) is 5.78 Å². The third-order valence-corrected chi connectivity index (χ3v) is 4.06. The topological polar surface area (TPSA) is 50.4 Å². The molecule has 0 bridgehead atoms. The van der Waals surface area contributed by atoms with Crippen LogP contribution in [0.15, 0.2) is 18.2 Å². The van der Waals surface area contributed by atoms with Crippen molar-refractivity contribution in [2.75, 3.05) is 25.0 Å². The summed E-state index contributed by atoms with van der Waals surface area (Å²) in [5.74, 6) is 1.26. The van der Waals surface area contributed by atoms with Crippen LogP contribution < -0.4 is 15.4 Å². The summed E-state index contributed by atoms with van der Waals surface area (Å²) in [6.45, 7) is 6.74. The lowest BCUT2D eigenvalue weighted by molar-refractivity contribution is 0.0894. The fraction of sp³-hybridized carbons (Fsp3) is 0.562. The first-order chi connectivity index (χ1) is 9.55. The summed E-state index contributed by atoms with van der Waals surface area (Å²) < 4.78 is 5.92. The molecule has 20 heavy (non-hydrogen) atoms. The summed E-state index contributed by atoms with van der Waals surface area (Å²) in [6, 6.07) is 5.75. The third-order valence-electron chi connectivity index (χ3n) is 4.06. The minimum atomic E-state index is -0.201. The second-order valence-electron chi connectivity index (χ2n) is 6.31. The molecule has 1 fully saturated rings. The van der Waals surface area contributed by atoms with E-state index in [0.29, 0.717) is 0 Å². The zero-order chi connectivity index (χ0) is 14.2. The molecular weight excluding hydrogens is 252 g/mol. The van der Waals surface area contributed by atoms with Gasteiger partial charge in [0.1, 0.15) is 11.4 Å². The number of fused-ring (bicyclic) bond motifs is 1. The molecule has 0 saturated carbocycles. The molecule has 0 aliphatic carbocycles. The molecular formula is C16H22N2O2. The summed E-state index contributed by atoms with van der Waals surface area (Å²) in [5.41, 5.74) is 1.53. The molecule has 2 heterocycles. The molecule has 4 heteroatoms. The second kappa shape index (κ2) is 5.09. The number of ether oxygens (including phenoxy) is 1. The second-order valence-corrected chi connectivity index (χ2v) is 6.31. The number of carbonyl (C=O) groups is 1. The predicted molar refractivity (Wildman–Crippen MR) is 79.6 cm³/mol. The van der Waals surface area contributed by atoms with Crippen molar-refractivity contribution in [1.82, 2.24) is 5.32 Å². The summed E-state index contributed by atoms with van der Waals surface area (Å²) >= 11 is 0. The van der Waals surface area contributed by atoms with Gasteiger partial charge < -0.3 is 15.4 Å². The van der Waals surface area contributed by atoms with Crippen LogP contribution in [-0.2, 0) is 0 Å². The van der Waals surface area contributed by atoms with Crippen molar-refractivity contribution in [3.05, 3.63) is 23.8 Å². The number of rotatable bonds is 2. The highest BCUT2D eigenvalue weighted by Crippen LogP contribution is 2.34. The number of nitrogens with one attached hydrogen (secondary N) is 2. The van der Waals surface area contributed by atoms with Crippen molar-refractivity contribution < 1.29 is 9.53 Å². The Labute approximate surface area is 119 Å². The number of piperidine rings is 1. The molecule has 2 aliphatic heterocycles. The lowest BCUT2D eigenvalue weighted by Gasteiger charge is -2.33. The van der Waals surface area contributed by atoms with Crippen molar-refractivity contribution in [2.45, 2.75) is 32.3 Å². The molecule has 3 rings (SSSR count). The standard InChI is InChI=1S/C16H22N2O2/c1-16(2)10-18-13-9-12(3-4-14(13)20-16)15(19)11-5-7-17-8-6-11/h3-4,9,11,17-18H,5-8,10H2,1-2H3. The van der Waals surface area contributed by atoms with E-state index in [9.17, 15) is 4.79 Å². The van der Waals surface area contributed by atoms with Crippen LogP contribution in [0.3, 0.4) is 0 Å². The fourth-order valence-electron chi connectivity index (χ4n) is 2.87. The van der Waals surface area contributed by atoms with Crippen LogP contribution >= 0.6 is 0 Å². The van der Waals surface area contributed by atoms with Gasteiger partial charge in [0.25, 0.3) is 0 Å². The molecule has 0 aromatic heterocycles. The maximum absolute atomic E-state index is 12.5. The highest BCUT2D eigenvalue weighted by Gasteiger charge is 2.28. The van der Waals surface area contributed by atoms with Crippen LogP contribution in [0.25, 0.3) is 0 Å². The Morgan fingerprint density at radius 3 is 2.80 bits per heavy atom. The first kappa shape index (κ1) is 13.4. The van der Waals surface area contributed by atoms with Gasteiger partial charge >= 0.3 is 0 Å². The number of Topliss-reactive ketones (excluding diaryl/α,β-unsaturated/α-hetero) is 1. The Morgan fingerprint density at radius 1 is 1.30 bits per heavy atom. The third kappa shape index (κ3) is 2.66. The summed E-state index contributed by atoms with van der Waals surface area (Å²) in [4.78, 5) is 12.5. The van der Waals surface area contributed by atoms with Gasteiger partial charge in [-0.25, -0.2) is 0 Å². The van der Waals surface area contributed by atoms with E-state index in [4.69, 9.17) is 4.74 Å². The van der Waals surface area contributed by atoms with E-state index < -0.39 is 0 Å². The molecule has 4 nitrogen and oxygen atoms in total. The molecule has 1 aromatic carbocycles. The maximum atomic E-state index is 12.5. The summed E-state index contributed by atoms with van der Waals surface area (Å²) in [6.07, 6.45) is 1.87. The first-order valence-corrected chi connectivity index (χ1v) is 7.37. The van der Waals surface area contributed by atoms with Crippen LogP contribution in [-0.4, -0.2) is 31.0 Å². The molecule has 0 unspecified atom stereocenters. The Morgan fingerprint density at radius 2 is 2.05 bits per heavy atom. The highest BCUT2D eigenvalue weighted by atomic mass is 16.5. The average molecular weight is 274 g/mol. The Bertz CT molecular complexity index is 519. The van der Waals surface area contributed by atoms with E-state index in [1.165, 1.54) is 0 Å². The van der Waals surface area contributed by atoms with Crippen LogP contribution in [0.5, 0.6) is 5.75 Å². The van der Waals surface area contributed by atoms with Gasteiger partial charge in [-0.2, -0.15) is 0 Å². The molecule has 1 saturated heterocycles. The average Bonchev–Trinajstić information content (AvgIpc) is 2.46. The van der Waals surface area contributed by atoms with Gasteiger partial charge in [0, 0.05) is 11.5 Å². The number of ketones is 1. The molecule has 0 spiro atoms. The Hall–Kier alpha value is -1.55. The van der Waals surface area contributed by atoms with Crippen molar-refractivity contribution in [1.29, 1.82) is 0 Å². The van der Waals surface area contributed by atoms with E-state index in [0.717, 1.165) is 49.5 Å². The number of benzene rings is 1. The van der Waals surface area contributed by atoms with Gasteiger partial charge in [-0.1, -0.05) is 0 Å². The smallest absolute Gasteiger partial charge is 0.166 e. The fourth-order valence-corrected chi connectivity index (χ4v) is 2.87. The SMILES string of the molecule is CC1(C)CNc2cc(C(=O)C3CCNCC3)ccc2O1. The predicted octanol–water partition coefficient (Wildman–Crippen LogP) is 2.45. The Balaban J connectivity index is 1.80. The lowest BCUT2D eigenvalue weighted by Crippen LogP contribution is -2.40. The zero-order valence-electron chi connectivity index (χ0n) is 12.2. The van der Waals surface area contributed by atoms with Crippen molar-refractivity contribution in [3.63, 3.8) is 0 Å². The monoisotopic (exact) mass is 274 g/mol. The van der Waals surface area contributed by atoms with Crippen molar-refractivity contribution in [3.8, 4) is 5.75 Å². The van der Waals surface area contributed by atoms with Gasteiger partial charge in [-0.3, -0.25) is 4.79 Å². The molecule has 1 aromatic rings. The molecule has 0 amide bonds. The van der Waals surface area contributed by atoms with E-state index in [2.05, 4.69) is 24.5 Å². The quantitative estimate of drug-likeness (QED) is 0.813. The number of anilines is 1. The molecule has 2 N–H and O–H groups in total. The van der Waals surface area contributed by atoms with Gasteiger partial charge in [-0.05, 0) is 58.0 Å². The number of carbonyl (C=O) groups excluding carboxylic acids is 1. The van der Waals surface area contributed by atoms with E-state index in [1.54, 1.807) is 0 Å². The molecule has 0 radical (unpaired) electrons. The largest absolute Gasteiger partial charge is 0.484 e. The van der Waals surface area contributed by atoms with Gasteiger partial charge in [0.2, 0.25) is 0 Å². The van der Waals surface area contributed by atoms with Crippen molar-refractivity contribution >= 4 is 11.5 Å². The highest BCUT2D eigenvalue weighted by molar-refractivity contribution is 5.99. The van der Waals surface area contributed by atoms with Crippen LogP contribution in [0.4, 0.5) is 5.69 Å². The number of hydrogen-bond donors (Lipinski definition) is 2. The lowest BCUT2D eigenvalue weighted by atomic mass is 9.89. The van der Waals surface area contributed by atoms with E-state index in [1.807, 2.05) is 18.2 Å². The molecule has 2 aliphatic rings. The summed E-state index contributed by atoms with van der Waals surface area (Å²) in [5, 5.41) is 6.66. The molecule has 0 atom stereocenters. The summed E-state index contributed by atoms with van der Waals surface area (Å²) in [7, 11) is 0. The first-order valence-electron chi connectivity index (χ1n) is 7.37. The Kier molecular flexibility index (Phi) is 3.42. The maximum Gasteiger partial charge on any atom is 0.166 e. The van der Waals surface area contributed by atoms with Crippen LogP contribution in [0, 0.1) is 5.92 Å². The van der Waals surface area contributed by atoms with Crippen molar-refractivity contribution in [2.24, 2.45) is 5.92 Å². The van der Waals surface area contributed by atoms with E-state index >= 15 is 0 Å². The minimum absolute atomic E-state index is 0.162. The van der Waals surface area contributed by atoms with Crippen LogP contribution in [0.1, 0.15) is 37.0 Å². The van der Waals surface area contributed by atoms with Gasteiger partial charge in [-0.15, -0.1) is 0 Å². The normalized spacial score (nSPS) is 21.5. The number of hydrogen-bond acceptors (Lipinski definition) is 4. The van der Waals surface area contributed by atoms with Crippen LogP contribution in [0.2, 0.25) is 0 Å².